The van der Waals surface area contributed by atoms with E-state index in [1.165, 1.54) is 12.8 Å². The second-order valence-electron chi connectivity index (χ2n) is 3.18. The second kappa shape index (κ2) is 3.05. The van der Waals surface area contributed by atoms with Crippen molar-refractivity contribution in [3.8, 4) is 0 Å². The van der Waals surface area contributed by atoms with E-state index in [2.05, 4.69) is 4.90 Å². The molecule has 0 aromatic heterocycles. The van der Waals surface area contributed by atoms with Gasteiger partial charge in [0.2, 0.25) is 0 Å². The molecule has 62 valence electrons. The zero-order valence-electron chi connectivity index (χ0n) is 7.03. The zero-order chi connectivity index (χ0) is 8.39. The van der Waals surface area contributed by atoms with Crippen LogP contribution in [0.4, 0.5) is 11.4 Å². The smallest absolute Gasteiger partial charge is 0.109 e. The summed E-state index contributed by atoms with van der Waals surface area (Å²) >= 11 is 0. The Morgan fingerprint density at radius 1 is 1.08 bits per heavy atom. The van der Waals surface area contributed by atoms with Gasteiger partial charge in [-0.15, -0.1) is 5.73 Å². The number of anilines is 1. The fourth-order valence-electron chi connectivity index (χ4n) is 1.69. The Bertz CT molecular complexity index is 264. The van der Waals surface area contributed by atoms with Gasteiger partial charge in [0.1, 0.15) is 5.69 Å². The van der Waals surface area contributed by atoms with E-state index in [4.69, 9.17) is 0 Å². The second-order valence-corrected chi connectivity index (χ2v) is 3.18. The molecule has 0 aliphatic carbocycles. The molecular weight excluding hydrogens is 148 g/mol. The molecule has 1 aliphatic heterocycles. The first-order valence-electron chi connectivity index (χ1n) is 4.41. The molecule has 1 saturated heterocycles. The lowest BCUT2D eigenvalue weighted by Gasteiger charge is -2.17. The molecule has 2 heteroatoms. The first-order valence-corrected chi connectivity index (χ1v) is 4.41. The van der Waals surface area contributed by atoms with E-state index in [1.807, 2.05) is 18.2 Å². The molecule has 0 unspecified atom stereocenters. The molecule has 12 heavy (non-hydrogen) atoms. The van der Waals surface area contributed by atoms with Gasteiger partial charge in [0, 0.05) is 13.1 Å². The highest BCUT2D eigenvalue weighted by molar-refractivity contribution is 5.65. The van der Waals surface area contributed by atoms with Gasteiger partial charge in [0.25, 0.3) is 0 Å². The minimum absolute atomic E-state index is 0.402. The molecule has 0 amide bonds. The van der Waals surface area contributed by atoms with E-state index in [9.17, 15) is 5.73 Å². The summed E-state index contributed by atoms with van der Waals surface area (Å²) < 4.78 is 0. The van der Waals surface area contributed by atoms with Crippen LogP contribution in [0.1, 0.15) is 12.8 Å². The molecule has 1 heterocycles. The molecule has 0 N–H and O–H groups in total. The summed E-state index contributed by atoms with van der Waals surface area (Å²) in [6.07, 6.45) is 2.49. The molecular formula is C10H12N2. The van der Waals surface area contributed by atoms with Crippen molar-refractivity contribution in [2.45, 2.75) is 12.8 Å². The number of rotatable bonds is 1. The van der Waals surface area contributed by atoms with Crippen molar-refractivity contribution in [1.29, 1.82) is 0 Å². The first kappa shape index (κ1) is 7.47. The van der Waals surface area contributed by atoms with Crippen LogP contribution in [0.2, 0.25) is 0 Å². The molecule has 2 nitrogen and oxygen atoms in total. The van der Waals surface area contributed by atoms with Gasteiger partial charge in [0.15, 0.2) is 0 Å². The van der Waals surface area contributed by atoms with E-state index in [0.717, 1.165) is 18.8 Å². The van der Waals surface area contributed by atoms with E-state index < -0.39 is 0 Å². The number of hydrogen-bond donors (Lipinski definition) is 0. The normalized spacial score (nSPS) is 16.8. The monoisotopic (exact) mass is 160 g/mol. The van der Waals surface area contributed by atoms with Gasteiger partial charge >= 0.3 is 0 Å². The topological polar surface area (TPSA) is 25.5 Å². The molecule has 0 saturated carbocycles. The molecule has 2 radical (unpaired) electrons. The lowest BCUT2D eigenvalue weighted by molar-refractivity contribution is 0.949. The highest BCUT2D eigenvalue weighted by atomic mass is 15.1. The highest BCUT2D eigenvalue weighted by Gasteiger charge is 2.14. The Kier molecular flexibility index (Phi) is 1.90. The Labute approximate surface area is 73.0 Å². The van der Waals surface area contributed by atoms with Gasteiger partial charge in [-0.1, -0.05) is 12.1 Å². The standard InChI is InChI=1S/C10H12N2/c11-9-5-1-2-6-10(9)12-7-3-4-8-12/h1-2,5-6H,3-4,7-8H2. The highest BCUT2D eigenvalue weighted by Crippen LogP contribution is 2.26. The Morgan fingerprint density at radius 3 is 2.42 bits per heavy atom. The molecule has 1 fully saturated rings. The number of para-hydroxylation sites is 1. The van der Waals surface area contributed by atoms with Crippen LogP contribution in [0.3, 0.4) is 0 Å². The first-order chi connectivity index (χ1) is 5.88. The lowest BCUT2D eigenvalue weighted by atomic mass is 10.2. The van der Waals surface area contributed by atoms with Crippen LogP contribution in [0.5, 0.6) is 0 Å². The van der Waals surface area contributed by atoms with Gasteiger partial charge in [-0.3, -0.25) is 0 Å². The van der Waals surface area contributed by atoms with Crippen molar-refractivity contribution in [3.05, 3.63) is 24.3 Å². The minimum atomic E-state index is 0.402. The summed E-state index contributed by atoms with van der Waals surface area (Å²) in [6, 6.07) is 7.54. The minimum Gasteiger partial charge on any atom is -0.370 e. The third kappa shape index (κ3) is 1.24. The van der Waals surface area contributed by atoms with E-state index in [1.54, 1.807) is 6.07 Å². The Balaban J connectivity index is 2.26. The summed E-state index contributed by atoms with van der Waals surface area (Å²) in [4.78, 5) is 2.23. The van der Waals surface area contributed by atoms with Crippen molar-refractivity contribution in [2.24, 2.45) is 0 Å². The maximum Gasteiger partial charge on any atom is 0.109 e. The Hall–Kier alpha value is -1.18. The van der Waals surface area contributed by atoms with Crippen molar-refractivity contribution in [2.75, 3.05) is 18.0 Å². The van der Waals surface area contributed by atoms with Crippen molar-refractivity contribution >= 4 is 11.4 Å². The summed E-state index contributed by atoms with van der Waals surface area (Å²) in [5.41, 5.74) is 10.9. The van der Waals surface area contributed by atoms with E-state index in [0.29, 0.717) is 5.69 Å². The molecule has 1 aromatic rings. The quantitative estimate of drug-likeness (QED) is 0.616. The average molecular weight is 160 g/mol. The van der Waals surface area contributed by atoms with Gasteiger partial charge in [0.05, 0.1) is 5.69 Å². The molecule has 0 bridgehead atoms. The van der Waals surface area contributed by atoms with Crippen molar-refractivity contribution in [1.82, 2.24) is 5.73 Å². The zero-order valence-corrected chi connectivity index (χ0v) is 7.03. The van der Waals surface area contributed by atoms with Gasteiger partial charge in [-0.05, 0) is 25.0 Å². The largest absolute Gasteiger partial charge is 0.370 e. The van der Waals surface area contributed by atoms with Crippen LogP contribution in [0, 0.1) is 0 Å². The van der Waals surface area contributed by atoms with Gasteiger partial charge in [-0.25, -0.2) is 0 Å². The predicted molar refractivity (Wildman–Crippen MR) is 49.7 cm³/mol. The SMILES string of the molecule is [N]c1ccccc1N1CCCC1. The molecule has 2 rings (SSSR count). The maximum atomic E-state index is 9.53. The third-order valence-electron chi connectivity index (χ3n) is 2.33. The molecule has 1 aliphatic rings. The fourth-order valence-corrected chi connectivity index (χ4v) is 1.69. The number of hydrogen-bond acceptors (Lipinski definition) is 1. The third-order valence-corrected chi connectivity index (χ3v) is 2.33. The fraction of sp³-hybridized carbons (Fsp3) is 0.400. The summed E-state index contributed by atoms with van der Waals surface area (Å²) in [7, 11) is 0. The average Bonchev–Trinajstić information content (AvgIpc) is 2.57. The summed E-state index contributed by atoms with van der Waals surface area (Å²) in [5.74, 6) is 0. The van der Waals surface area contributed by atoms with E-state index >= 15 is 0 Å². The van der Waals surface area contributed by atoms with Crippen LogP contribution in [0.15, 0.2) is 24.3 Å². The van der Waals surface area contributed by atoms with Crippen LogP contribution in [-0.4, -0.2) is 13.1 Å². The van der Waals surface area contributed by atoms with Crippen LogP contribution in [-0.2, 0) is 0 Å². The predicted octanol–water partition coefficient (Wildman–Crippen LogP) is 1.99. The maximum absolute atomic E-state index is 9.53. The van der Waals surface area contributed by atoms with E-state index in [-0.39, 0.29) is 0 Å². The number of benzene rings is 1. The summed E-state index contributed by atoms with van der Waals surface area (Å²) in [5, 5.41) is 0. The van der Waals surface area contributed by atoms with Gasteiger partial charge < -0.3 is 4.90 Å². The summed E-state index contributed by atoms with van der Waals surface area (Å²) in [6.45, 7) is 2.16. The van der Waals surface area contributed by atoms with Crippen LogP contribution < -0.4 is 10.6 Å². The lowest BCUT2D eigenvalue weighted by Crippen LogP contribution is -2.17. The van der Waals surface area contributed by atoms with Crippen molar-refractivity contribution in [3.63, 3.8) is 0 Å². The van der Waals surface area contributed by atoms with Crippen LogP contribution in [0.25, 0.3) is 0 Å². The van der Waals surface area contributed by atoms with Crippen molar-refractivity contribution < 1.29 is 0 Å². The van der Waals surface area contributed by atoms with Crippen LogP contribution >= 0.6 is 0 Å². The Morgan fingerprint density at radius 2 is 1.75 bits per heavy atom. The molecule has 0 atom stereocenters. The molecule has 1 aromatic carbocycles. The van der Waals surface area contributed by atoms with Gasteiger partial charge in [-0.2, -0.15) is 0 Å². The molecule has 0 spiro atoms. The number of nitrogens with zero attached hydrogens (tertiary/aromatic N) is 2.